The van der Waals surface area contributed by atoms with Crippen LogP contribution in [0.4, 0.5) is 5.69 Å². The number of para-hydroxylation sites is 1. The highest BCUT2D eigenvalue weighted by Crippen LogP contribution is 2.20. The fraction of sp³-hybridized carbons (Fsp3) is 0.160. The van der Waals surface area contributed by atoms with Crippen molar-refractivity contribution in [3.05, 3.63) is 100 Å². The van der Waals surface area contributed by atoms with Crippen molar-refractivity contribution < 1.29 is 14.3 Å². The number of nitrogens with zero attached hydrogens (tertiary/aromatic N) is 2. The quantitative estimate of drug-likeness (QED) is 0.408. The first-order chi connectivity index (χ1) is 16.0. The molecule has 2 aromatic heterocycles. The van der Waals surface area contributed by atoms with Crippen LogP contribution in [0, 0.1) is 0 Å². The lowest BCUT2D eigenvalue weighted by atomic mass is 10.2. The summed E-state index contributed by atoms with van der Waals surface area (Å²) in [6.45, 7) is 1.99. The van der Waals surface area contributed by atoms with Crippen LogP contribution in [0.5, 0.6) is 11.5 Å². The highest BCUT2D eigenvalue weighted by molar-refractivity contribution is 6.30. The molecule has 4 rings (SSSR count). The lowest BCUT2D eigenvalue weighted by molar-refractivity contribution is -0.122. The standard InChI is InChI=1S/C25H22ClN3O4/c1-2-22(33-20-8-4-3-5-9-20)25(31)28-18-7-6-10-21(13-18)32-16-19-14-24(30)29-15-17(26)11-12-23(29)27-19/h3-15,22H,2,16H2,1H3,(H,28,31)/t22-/m1/s1. The molecule has 0 saturated carbocycles. The van der Waals surface area contributed by atoms with E-state index in [2.05, 4.69) is 10.3 Å². The van der Waals surface area contributed by atoms with Crippen LogP contribution < -0.4 is 20.3 Å². The highest BCUT2D eigenvalue weighted by Gasteiger charge is 2.18. The van der Waals surface area contributed by atoms with Crippen LogP contribution in [0.2, 0.25) is 5.02 Å². The van der Waals surface area contributed by atoms with Crippen LogP contribution in [-0.4, -0.2) is 21.4 Å². The van der Waals surface area contributed by atoms with E-state index in [0.717, 1.165) is 0 Å². The van der Waals surface area contributed by atoms with Crippen molar-refractivity contribution in [2.45, 2.75) is 26.1 Å². The van der Waals surface area contributed by atoms with Gasteiger partial charge in [0.2, 0.25) is 0 Å². The first-order valence-corrected chi connectivity index (χ1v) is 10.8. The number of pyridine rings is 1. The van der Waals surface area contributed by atoms with Crippen LogP contribution in [0.15, 0.2) is 83.8 Å². The van der Waals surface area contributed by atoms with Gasteiger partial charge < -0.3 is 14.8 Å². The molecule has 33 heavy (non-hydrogen) atoms. The first-order valence-electron chi connectivity index (χ1n) is 10.4. The Bertz CT molecular complexity index is 1320. The fourth-order valence-electron chi connectivity index (χ4n) is 3.23. The van der Waals surface area contributed by atoms with E-state index in [1.807, 2.05) is 37.3 Å². The predicted molar refractivity (Wildman–Crippen MR) is 127 cm³/mol. The van der Waals surface area contributed by atoms with Gasteiger partial charge in [0.05, 0.1) is 10.7 Å². The Morgan fingerprint density at radius 3 is 2.64 bits per heavy atom. The molecule has 1 atom stereocenters. The molecule has 1 N–H and O–H groups in total. The van der Waals surface area contributed by atoms with Crippen LogP contribution in [0.3, 0.4) is 0 Å². The van der Waals surface area contributed by atoms with Crippen molar-refractivity contribution >= 4 is 28.8 Å². The van der Waals surface area contributed by atoms with Crippen molar-refractivity contribution in [2.24, 2.45) is 0 Å². The highest BCUT2D eigenvalue weighted by atomic mass is 35.5. The molecule has 1 amide bonds. The molecule has 4 aromatic rings. The molecule has 7 nitrogen and oxygen atoms in total. The third-order valence-electron chi connectivity index (χ3n) is 4.85. The maximum atomic E-state index is 12.7. The Hall–Kier alpha value is -3.84. The first kappa shape index (κ1) is 22.4. The molecule has 2 aromatic carbocycles. The van der Waals surface area contributed by atoms with E-state index < -0.39 is 6.10 Å². The second kappa shape index (κ2) is 10.2. The Morgan fingerprint density at radius 1 is 1.06 bits per heavy atom. The number of amides is 1. The number of benzene rings is 2. The number of rotatable bonds is 8. The second-order valence-corrected chi connectivity index (χ2v) is 7.73. The van der Waals surface area contributed by atoms with Crippen molar-refractivity contribution in [3.8, 4) is 11.5 Å². The smallest absolute Gasteiger partial charge is 0.265 e. The maximum Gasteiger partial charge on any atom is 0.265 e. The molecule has 0 fully saturated rings. The molecule has 0 spiro atoms. The average Bonchev–Trinajstić information content (AvgIpc) is 2.82. The molecular weight excluding hydrogens is 442 g/mol. The minimum atomic E-state index is -0.625. The number of halogens is 1. The number of aromatic nitrogens is 2. The van der Waals surface area contributed by atoms with E-state index in [4.69, 9.17) is 21.1 Å². The van der Waals surface area contributed by atoms with Gasteiger partial charge in [0.15, 0.2) is 6.10 Å². The topological polar surface area (TPSA) is 81.9 Å². The summed E-state index contributed by atoms with van der Waals surface area (Å²) in [6.07, 6.45) is 1.42. The summed E-state index contributed by atoms with van der Waals surface area (Å²) in [5.41, 5.74) is 1.30. The monoisotopic (exact) mass is 463 g/mol. The molecule has 0 aliphatic heterocycles. The Labute approximate surface area is 195 Å². The number of anilines is 1. The summed E-state index contributed by atoms with van der Waals surface area (Å²) in [5.74, 6) is 0.918. The minimum Gasteiger partial charge on any atom is -0.487 e. The zero-order chi connectivity index (χ0) is 23.2. The molecule has 168 valence electrons. The van der Waals surface area contributed by atoms with E-state index in [1.165, 1.54) is 16.7 Å². The van der Waals surface area contributed by atoms with Gasteiger partial charge in [-0.1, -0.05) is 42.8 Å². The molecule has 0 aliphatic rings. The summed E-state index contributed by atoms with van der Waals surface area (Å²) in [4.78, 5) is 29.4. The molecule has 0 aliphatic carbocycles. The zero-order valence-electron chi connectivity index (χ0n) is 17.9. The Morgan fingerprint density at radius 2 is 1.85 bits per heavy atom. The number of fused-ring (bicyclic) bond motifs is 1. The summed E-state index contributed by atoms with van der Waals surface area (Å²) in [5, 5.41) is 3.32. The number of carbonyl (C=O) groups excluding carboxylic acids is 1. The summed E-state index contributed by atoms with van der Waals surface area (Å²) in [6, 6.07) is 21.0. The van der Waals surface area contributed by atoms with Crippen LogP contribution in [0.1, 0.15) is 19.0 Å². The Balaban J connectivity index is 1.41. The minimum absolute atomic E-state index is 0.0977. The van der Waals surface area contributed by atoms with Crippen LogP contribution in [0.25, 0.3) is 5.65 Å². The van der Waals surface area contributed by atoms with E-state index in [9.17, 15) is 9.59 Å². The average molecular weight is 464 g/mol. The summed E-state index contributed by atoms with van der Waals surface area (Å²) in [7, 11) is 0. The van der Waals surface area contributed by atoms with Crippen molar-refractivity contribution in [1.82, 2.24) is 9.38 Å². The van der Waals surface area contributed by atoms with E-state index in [-0.39, 0.29) is 18.1 Å². The van der Waals surface area contributed by atoms with E-state index in [0.29, 0.717) is 40.0 Å². The second-order valence-electron chi connectivity index (χ2n) is 7.29. The zero-order valence-corrected chi connectivity index (χ0v) is 18.7. The summed E-state index contributed by atoms with van der Waals surface area (Å²) >= 11 is 5.94. The number of hydrogen-bond acceptors (Lipinski definition) is 5. The maximum absolute atomic E-state index is 12.7. The Kier molecular flexibility index (Phi) is 6.90. The van der Waals surface area contributed by atoms with Gasteiger partial charge in [0.1, 0.15) is 23.8 Å². The van der Waals surface area contributed by atoms with Gasteiger partial charge in [-0.15, -0.1) is 0 Å². The largest absolute Gasteiger partial charge is 0.487 e. The van der Waals surface area contributed by atoms with Crippen molar-refractivity contribution in [1.29, 1.82) is 0 Å². The number of ether oxygens (including phenoxy) is 2. The lowest BCUT2D eigenvalue weighted by Gasteiger charge is -2.17. The van der Waals surface area contributed by atoms with E-state index >= 15 is 0 Å². The van der Waals surface area contributed by atoms with Gasteiger partial charge in [-0.2, -0.15) is 0 Å². The molecule has 0 unspecified atom stereocenters. The molecule has 0 radical (unpaired) electrons. The third-order valence-corrected chi connectivity index (χ3v) is 5.07. The SMILES string of the molecule is CC[C@@H](Oc1ccccc1)C(=O)Nc1cccc(OCc2cc(=O)n3cc(Cl)ccc3n2)c1. The summed E-state index contributed by atoms with van der Waals surface area (Å²) < 4.78 is 13.0. The van der Waals surface area contributed by atoms with Crippen molar-refractivity contribution in [3.63, 3.8) is 0 Å². The number of hydrogen-bond donors (Lipinski definition) is 1. The van der Waals surface area contributed by atoms with Crippen molar-refractivity contribution in [2.75, 3.05) is 5.32 Å². The van der Waals surface area contributed by atoms with Gasteiger partial charge in [-0.3, -0.25) is 14.0 Å². The number of carbonyl (C=O) groups is 1. The van der Waals surface area contributed by atoms with Crippen LogP contribution >= 0.6 is 11.6 Å². The van der Waals surface area contributed by atoms with Gasteiger partial charge in [0, 0.05) is 24.0 Å². The molecule has 0 saturated heterocycles. The normalized spacial score (nSPS) is 11.7. The van der Waals surface area contributed by atoms with Crippen LogP contribution in [-0.2, 0) is 11.4 Å². The molecule has 2 heterocycles. The van der Waals surface area contributed by atoms with Gasteiger partial charge in [-0.25, -0.2) is 4.98 Å². The third kappa shape index (κ3) is 5.70. The molecule has 8 heteroatoms. The fourth-order valence-corrected chi connectivity index (χ4v) is 3.39. The lowest BCUT2D eigenvalue weighted by Crippen LogP contribution is -2.32. The molecular formula is C25H22ClN3O4. The van der Waals surface area contributed by atoms with E-state index in [1.54, 1.807) is 36.4 Å². The number of nitrogens with one attached hydrogen (secondary N) is 1. The predicted octanol–water partition coefficient (Wildman–Crippen LogP) is 4.72. The van der Waals surface area contributed by atoms with Gasteiger partial charge in [-0.05, 0) is 42.8 Å². The van der Waals surface area contributed by atoms with Gasteiger partial charge >= 0.3 is 0 Å². The molecule has 0 bridgehead atoms. The van der Waals surface area contributed by atoms with Gasteiger partial charge in [0.25, 0.3) is 11.5 Å².